The summed E-state index contributed by atoms with van der Waals surface area (Å²) >= 11 is 1.54. The molecular formula is C10H17N3O2S. The van der Waals surface area contributed by atoms with Crippen LogP contribution in [0.1, 0.15) is 17.4 Å². The summed E-state index contributed by atoms with van der Waals surface area (Å²) in [6.45, 7) is 3.74. The van der Waals surface area contributed by atoms with Gasteiger partial charge in [0.05, 0.1) is 24.2 Å². The standard InChI is InChI=1S/C10H17N3O2S/c11-2-1-8(14)9-7-12-10(16-9)13-3-5-15-6-4-13/h7-8,14H,1-6,11H2/t8-/m1/s1. The van der Waals surface area contributed by atoms with Gasteiger partial charge in [-0.3, -0.25) is 0 Å². The molecule has 3 N–H and O–H groups in total. The molecule has 1 aliphatic rings. The van der Waals surface area contributed by atoms with Crippen LogP contribution in [0.25, 0.3) is 0 Å². The topological polar surface area (TPSA) is 71.6 Å². The molecule has 0 saturated carbocycles. The fourth-order valence-electron chi connectivity index (χ4n) is 1.63. The number of nitrogens with zero attached hydrogens (tertiary/aromatic N) is 2. The maximum absolute atomic E-state index is 9.78. The highest BCUT2D eigenvalue weighted by molar-refractivity contribution is 7.15. The molecule has 16 heavy (non-hydrogen) atoms. The third-order valence-electron chi connectivity index (χ3n) is 2.56. The Balaban J connectivity index is 2.00. The zero-order valence-corrected chi connectivity index (χ0v) is 9.95. The van der Waals surface area contributed by atoms with E-state index < -0.39 is 6.10 Å². The van der Waals surface area contributed by atoms with Crippen LogP contribution < -0.4 is 10.6 Å². The zero-order valence-electron chi connectivity index (χ0n) is 9.13. The average molecular weight is 243 g/mol. The second-order valence-electron chi connectivity index (χ2n) is 3.74. The summed E-state index contributed by atoms with van der Waals surface area (Å²) in [5.41, 5.74) is 5.41. The molecule has 2 heterocycles. The molecule has 1 aliphatic heterocycles. The largest absolute Gasteiger partial charge is 0.387 e. The number of hydrogen-bond acceptors (Lipinski definition) is 6. The van der Waals surface area contributed by atoms with E-state index in [1.54, 1.807) is 17.5 Å². The molecular weight excluding hydrogens is 226 g/mol. The molecule has 1 fully saturated rings. The monoisotopic (exact) mass is 243 g/mol. The Morgan fingerprint density at radius 1 is 1.56 bits per heavy atom. The molecule has 5 nitrogen and oxygen atoms in total. The van der Waals surface area contributed by atoms with E-state index in [9.17, 15) is 5.11 Å². The van der Waals surface area contributed by atoms with Gasteiger partial charge in [-0.05, 0) is 13.0 Å². The third-order valence-corrected chi connectivity index (χ3v) is 3.72. The zero-order chi connectivity index (χ0) is 11.4. The lowest BCUT2D eigenvalue weighted by molar-refractivity contribution is 0.122. The molecule has 1 aromatic heterocycles. The maximum Gasteiger partial charge on any atom is 0.185 e. The van der Waals surface area contributed by atoms with Crippen LogP contribution in [0.4, 0.5) is 5.13 Å². The molecule has 1 aromatic rings. The van der Waals surface area contributed by atoms with Gasteiger partial charge < -0.3 is 20.5 Å². The Bertz CT molecular complexity index is 326. The number of aliphatic hydroxyl groups excluding tert-OH is 1. The van der Waals surface area contributed by atoms with Crippen molar-refractivity contribution in [3.05, 3.63) is 11.1 Å². The number of hydrogen-bond donors (Lipinski definition) is 2. The molecule has 1 atom stereocenters. The third kappa shape index (κ3) is 2.70. The first-order valence-corrected chi connectivity index (χ1v) is 6.29. The van der Waals surface area contributed by atoms with Crippen LogP contribution in [-0.4, -0.2) is 42.9 Å². The summed E-state index contributed by atoms with van der Waals surface area (Å²) in [6, 6.07) is 0. The molecule has 0 aliphatic carbocycles. The normalized spacial score (nSPS) is 18.8. The SMILES string of the molecule is NCC[C@@H](O)c1cnc(N2CCOCC2)s1. The average Bonchev–Trinajstić information content (AvgIpc) is 2.80. The predicted octanol–water partition coefficient (Wildman–Crippen LogP) is 0.362. The Labute approximate surface area is 98.8 Å². The van der Waals surface area contributed by atoms with E-state index in [0.717, 1.165) is 36.3 Å². The second-order valence-corrected chi connectivity index (χ2v) is 4.78. The van der Waals surface area contributed by atoms with Crippen LogP contribution in [0.15, 0.2) is 6.20 Å². The van der Waals surface area contributed by atoms with Gasteiger partial charge in [0, 0.05) is 19.3 Å². The molecule has 1 saturated heterocycles. The van der Waals surface area contributed by atoms with Crippen molar-refractivity contribution >= 4 is 16.5 Å². The first kappa shape index (κ1) is 11.8. The van der Waals surface area contributed by atoms with Gasteiger partial charge in [0.1, 0.15) is 0 Å². The van der Waals surface area contributed by atoms with Gasteiger partial charge in [0.15, 0.2) is 5.13 Å². The number of nitrogens with two attached hydrogens (primary N) is 1. The van der Waals surface area contributed by atoms with Crippen LogP contribution in [0.5, 0.6) is 0 Å². The fourth-order valence-corrected chi connectivity index (χ4v) is 2.62. The first-order chi connectivity index (χ1) is 7.81. The highest BCUT2D eigenvalue weighted by Gasteiger charge is 2.17. The lowest BCUT2D eigenvalue weighted by Gasteiger charge is -2.26. The number of thiazole rings is 1. The minimum Gasteiger partial charge on any atom is -0.387 e. The van der Waals surface area contributed by atoms with E-state index in [2.05, 4.69) is 9.88 Å². The van der Waals surface area contributed by atoms with Crippen molar-refractivity contribution < 1.29 is 9.84 Å². The number of aromatic nitrogens is 1. The van der Waals surface area contributed by atoms with Crippen LogP contribution in [-0.2, 0) is 4.74 Å². The Morgan fingerprint density at radius 3 is 3.00 bits per heavy atom. The number of rotatable bonds is 4. The lowest BCUT2D eigenvalue weighted by Crippen LogP contribution is -2.36. The summed E-state index contributed by atoms with van der Waals surface area (Å²) in [7, 11) is 0. The van der Waals surface area contributed by atoms with Gasteiger partial charge in [0.2, 0.25) is 0 Å². The molecule has 0 unspecified atom stereocenters. The van der Waals surface area contributed by atoms with E-state index in [-0.39, 0.29) is 0 Å². The highest BCUT2D eigenvalue weighted by Crippen LogP contribution is 2.28. The molecule has 6 heteroatoms. The summed E-state index contributed by atoms with van der Waals surface area (Å²) in [4.78, 5) is 7.41. The van der Waals surface area contributed by atoms with Crippen molar-refractivity contribution in [1.82, 2.24) is 4.98 Å². The number of aliphatic hydroxyl groups is 1. The summed E-state index contributed by atoms with van der Waals surface area (Å²) in [5.74, 6) is 0. The van der Waals surface area contributed by atoms with Crippen molar-refractivity contribution in [2.45, 2.75) is 12.5 Å². The van der Waals surface area contributed by atoms with E-state index in [4.69, 9.17) is 10.5 Å². The highest BCUT2D eigenvalue weighted by atomic mass is 32.1. The predicted molar refractivity (Wildman–Crippen MR) is 63.8 cm³/mol. The van der Waals surface area contributed by atoms with E-state index >= 15 is 0 Å². The molecule has 90 valence electrons. The minimum absolute atomic E-state index is 0.475. The Kier molecular flexibility index (Phi) is 4.11. The van der Waals surface area contributed by atoms with Crippen molar-refractivity contribution in [2.24, 2.45) is 5.73 Å². The van der Waals surface area contributed by atoms with Crippen LogP contribution in [0.2, 0.25) is 0 Å². The smallest absolute Gasteiger partial charge is 0.185 e. The maximum atomic E-state index is 9.78. The summed E-state index contributed by atoms with van der Waals surface area (Å²) in [6.07, 6.45) is 1.86. The summed E-state index contributed by atoms with van der Waals surface area (Å²) < 4.78 is 5.28. The van der Waals surface area contributed by atoms with Crippen LogP contribution >= 0.6 is 11.3 Å². The number of anilines is 1. The Hall–Kier alpha value is -0.690. The lowest BCUT2D eigenvalue weighted by atomic mass is 10.2. The number of ether oxygens (including phenoxy) is 1. The van der Waals surface area contributed by atoms with Gasteiger partial charge in [-0.2, -0.15) is 0 Å². The van der Waals surface area contributed by atoms with E-state index in [0.29, 0.717) is 13.0 Å². The van der Waals surface area contributed by atoms with Gasteiger partial charge in [-0.15, -0.1) is 0 Å². The second kappa shape index (κ2) is 5.58. The molecule has 0 bridgehead atoms. The first-order valence-electron chi connectivity index (χ1n) is 5.48. The van der Waals surface area contributed by atoms with Crippen molar-refractivity contribution in [3.63, 3.8) is 0 Å². The minimum atomic E-state index is -0.475. The molecule has 0 amide bonds. The van der Waals surface area contributed by atoms with Gasteiger partial charge in [0.25, 0.3) is 0 Å². The van der Waals surface area contributed by atoms with Crippen molar-refractivity contribution in [2.75, 3.05) is 37.7 Å². The fraction of sp³-hybridized carbons (Fsp3) is 0.700. The number of morpholine rings is 1. The van der Waals surface area contributed by atoms with E-state index in [1.165, 1.54) is 0 Å². The molecule has 2 rings (SSSR count). The molecule has 0 radical (unpaired) electrons. The van der Waals surface area contributed by atoms with Crippen LogP contribution in [0.3, 0.4) is 0 Å². The van der Waals surface area contributed by atoms with Crippen molar-refractivity contribution in [3.8, 4) is 0 Å². The van der Waals surface area contributed by atoms with Gasteiger partial charge in [-0.25, -0.2) is 4.98 Å². The van der Waals surface area contributed by atoms with E-state index in [1.807, 2.05) is 0 Å². The molecule has 0 aromatic carbocycles. The quantitative estimate of drug-likeness (QED) is 0.799. The van der Waals surface area contributed by atoms with Gasteiger partial charge in [-0.1, -0.05) is 11.3 Å². The molecule has 0 spiro atoms. The van der Waals surface area contributed by atoms with Crippen LogP contribution in [0, 0.1) is 0 Å². The summed E-state index contributed by atoms with van der Waals surface area (Å²) in [5, 5.41) is 10.7. The van der Waals surface area contributed by atoms with Crippen molar-refractivity contribution in [1.29, 1.82) is 0 Å². The van der Waals surface area contributed by atoms with Gasteiger partial charge >= 0.3 is 0 Å². The Morgan fingerprint density at radius 2 is 2.31 bits per heavy atom.